The van der Waals surface area contributed by atoms with E-state index in [-0.39, 0.29) is 10.8 Å². The highest BCUT2D eigenvalue weighted by molar-refractivity contribution is 7.90. The molecule has 1 aliphatic heterocycles. The molecule has 1 N–H and O–H groups in total. The predicted molar refractivity (Wildman–Crippen MR) is 114 cm³/mol. The lowest BCUT2D eigenvalue weighted by Gasteiger charge is -2.26. The third-order valence-electron chi connectivity index (χ3n) is 5.15. The van der Waals surface area contributed by atoms with Crippen molar-refractivity contribution in [3.05, 3.63) is 58.7 Å². The molecule has 7 heteroatoms. The Hall–Kier alpha value is -2.22. The molecule has 1 heterocycles. The maximum Gasteiger partial charge on any atom is 0.255 e. The molecule has 0 fully saturated rings. The van der Waals surface area contributed by atoms with Gasteiger partial charge in [-0.15, -0.1) is 0 Å². The molecular weight excluding hydrogens is 388 g/mol. The molecule has 0 aromatic heterocycles. The van der Waals surface area contributed by atoms with Crippen molar-refractivity contribution in [2.24, 2.45) is 0 Å². The molecule has 29 heavy (non-hydrogen) atoms. The second kappa shape index (κ2) is 9.07. The van der Waals surface area contributed by atoms with Crippen LogP contribution in [0.15, 0.2) is 41.3 Å². The van der Waals surface area contributed by atoms with Crippen LogP contribution >= 0.6 is 0 Å². The minimum Gasteiger partial charge on any atom is -0.381 e. The lowest BCUT2D eigenvalue weighted by atomic mass is 9.98. The van der Waals surface area contributed by atoms with Crippen molar-refractivity contribution < 1.29 is 17.9 Å². The van der Waals surface area contributed by atoms with Gasteiger partial charge in [-0.05, 0) is 61.7 Å². The Morgan fingerprint density at radius 2 is 2.03 bits per heavy atom. The average Bonchev–Trinajstić information content (AvgIpc) is 2.67. The van der Waals surface area contributed by atoms with Crippen LogP contribution in [0.25, 0.3) is 0 Å². The number of hydrogen-bond acceptors (Lipinski definition) is 5. The fraction of sp³-hybridized carbons (Fsp3) is 0.409. The van der Waals surface area contributed by atoms with E-state index in [1.54, 1.807) is 12.1 Å². The molecule has 156 valence electrons. The van der Waals surface area contributed by atoms with Crippen molar-refractivity contribution in [3.8, 4) is 0 Å². The van der Waals surface area contributed by atoms with Crippen LogP contribution in [0.2, 0.25) is 0 Å². The van der Waals surface area contributed by atoms with E-state index in [0.29, 0.717) is 30.8 Å². The molecule has 6 nitrogen and oxygen atoms in total. The van der Waals surface area contributed by atoms with Crippen LogP contribution in [0, 0.1) is 0 Å². The molecule has 0 spiro atoms. The molecule has 1 amide bonds. The van der Waals surface area contributed by atoms with Gasteiger partial charge in [0, 0.05) is 37.2 Å². The fourth-order valence-corrected chi connectivity index (χ4v) is 4.62. The third kappa shape index (κ3) is 5.23. The number of rotatable bonds is 7. The van der Waals surface area contributed by atoms with Gasteiger partial charge in [0.1, 0.15) is 0 Å². The van der Waals surface area contributed by atoms with Gasteiger partial charge in [-0.1, -0.05) is 18.2 Å². The Morgan fingerprint density at radius 1 is 1.24 bits per heavy atom. The monoisotopic (exact) mass is 416 g/mol. The second-order valence-corrected chi connectivity index (χ2v) is 9.41. The first-order valence-corrected chi connectivity index (χ1v) is 11.7. The second-order valence-electron chi connectivity index (χ2n) is 7.43. The molecule has 0 atom stereocenters. The van der Waals surface area contributed by atoms with Gasteiger partial charge in [-0.25, -0.2) is 8.42 Å². The number of carbonyl (C=O) groups is 1. The topological polar surface area (TPSA) is 75.7 Å². The highest BCUT2D eigenvalue weighted by Gasteiger charge is 2.20. The summed E-state index contributed by atoms with van der Waals surface area (Å²) < 4.78 is 29.9. The van der Waals surface area contributed by atoms with Crippen LogP contribution < -0.4 is 5.32 Å². The van der Waals surface area contributed by atoms with E-state index >= 15 is 0 Å². The van der Waals surface area contributed by atoms with Crippen molar-refractivity contribution in [1.82, 2.24) is 4.90 Å². The quantitative estimate of drug-likeness (QED) is 0.703. The molecule has 0 saturated carbocycles. The first kappa shape index (κ1) is 21.5. The largest absolute Gasteiger partial charge is 0.381 e. The van der Waals surface area contributed by atoms with E-state index in [4.69, 9.17) is 4.74 Å². The Kier molecular flexibility index (Phi) is 6.72. The molecule has 0 radical (unpaired) electrons. The van der Waals surface area contributed by atoms with Crippen LogP contribution in [0.5, 0.6) is 0 Å². The number of likely N-dealkylation sites (N-methyl/N-ethyl adjacent to an activating group) is 1. The van der Waals surface area contributed by atoms with Crippen molar-refractivity contribution in [1.29, 1.82) is 0 Å². The van der Waals surface area contributed by atoms with Gasteiger partial charge >= 0.3 is 0 Å². The first-order valence-electron chi connectivity index (χ1n) is 9.81. The van der Waals surface area contributed by atoms with E-state index in [0.717, 1.165) is 37.0 Å². The van der Waals surface area contributed by atoms with Crippen molar-refractivity contribution in [2.75, 3.05) is 38.4 Å². The van der Waals surface area contributed by atoms with Gasteiger partial charge in [0.05, 0.1) is 11.5 Å². The predicted octanol–water partition coefficient (Wildman–Crippen LogP) is 2.91. The normalized spacial score (nSPS) is 14.4. The number of hydrogen-bond donors (Lipinski definition) is 1. The first-order chi connectivity index (χ1) is 13.8. The molecule has 0 bridgehead atoms. The number of nitrogens with one attached hydrogen (secondary N) is 1. The minimum atomic E-state index is -3.46. The van der Waals surface area contributed by atoms with Gasteiger partial charge in [0.15, 0.2) is 9.84 Å². The zero-order chi connectivity index (χ0) is 21.0. The maximum absolute atomic E-state index is 12.9. The SMILES string of the molecule is CCOCCc1ccc(C(=O)Nc2cccc3c2CCN(C)C3)cc1S(C)(=O)=O. The van der Waals surface area contributed by atoms with Gasteiger partial charge in [-0.3, -0.25) is 4.79 Å². The van der Waals surface area contributed by atoms with Crippen LogP contribution in [-0.2, 0) is 34.0 Å². The Bertz CT molecular complexity index is 1000. The number of fused-ring (bicyclic) bond motifs is 1. The van der Waals surface area contributed by atoms with Gasteiger partial charge in [-0.2, -0.15) is 0 Å². The lowest BCUT2D eigenvalue weighted by Crippen LogP contribution is -2.27. The van der Waals surface area contributed by atoms with E-state index in [1.165, 1.54) is 11.6 Å². The number of ether oxygens (including phenoxy) is 1. The van der Waals surface area contributed by atoms with E-state index < -0.39 is 9.84 Å². The molecule has 0 unspecified atom stereocenters. The highest BCUT2D eigenvalue weighted by atomic mass is 32.2. The number of amides is 1. The van der Waals surface area contributed by atoms with Gasteiger partial charge in [0.25, 0.3) is 5.91 Å². The molecular formula is C22H28N2O4S. The Morgan fingerprint density at radius 3 is 2.76 bits per heavy atom. The van der Waals surface area contributed by atoms with Crippen LogP contribution in [-0.4, -0.2) is 52.3 Å². The summed E-state index contributed by atoms with van der Waals surface area (Å²) in [6, 6.07) is 10.8. The number of sulfone groups is 1. The summed E-state index contributed by atoms with van der Waals surface area (Å²) in [6.45, 7) is 4.70. The summed E-state index contributed by atoms with van der Waals surface area (Å²) in [5, 5.41) is 2.97. The zero-order valence-corrected chi connectivity index (χ0v) is 18.0. The van der Waals surface area contributed by atoms with E-state index in [1.807, 2.05) is 19.1 Å². The van der Waals surface area contributed by atoms with E-state index in [9.17, 15) is 13.2 Å². The van der Waals surface area contributed by atoms with Crippen molar-refractivity contribution in [2.45, 2.75) is 31.2 Å². The maximum atomic E-state index is 12.9. The number of nitrogens with zero attached hydrogens (tertiary/aromatic N) is 1. The summed E-state index contributed by atoms with van der Waals surface area (Å²) in [7, 11) is -1.38. The summed E-state index contributed by atoms with van der Waals surface area (Å²) in [5.74, 6) is -0.307. The molecule has 2 aromatic carbocycles. The minimum absolute atomic E-state index is 0.182. The van der Waals surface area contributed by atoms with Gasteiger partial charge < -0.3 is 15.0 Å². The lowest BCUT2D eigenvalue weighted by molar-refractivity contribution is 0.102. The molecule has 0 aliphatic carbocycles. The summed E-state index contributed by atoms with van der Waals surface area (Å²) in [4.78, 5) is 15.3. The Labute approximate surface area is 172 Å². The summed E-state index contributed by atoms with van der Waals surface area (Å²) in [6.07, 6.45) is 2.52. The summed E-state index contributed by atoms with van der Waals surface area (Å²) >= 11 is 0. The molecule has 1 aliphatic rings. The smallest absolute Gasteiger partial charge is 0.255 e. The molecule has 2 aromatic rings. The van der Waals surface area contributed by atoms with Crippen LogP contribution in [0.1, 0.15) is 34.0 Å². The standard InChI is InChI=1S/C22H28N2O4S/c1-4-28-13-11-16-8-9-17(14-21(16)29(3,26)27)22(25)23-20-7-5-6-18-15-24(2)12-10-19(18)20/h5-9,14H,4,10-13,15H2,1-3H3,(H,23,25). The zero-order valence-electron chi connectivity index (χ0n) is 17.2. The number of anilines is 1. The van der Waals surface area contributed by atoms with E-state index in [2.05, 4.69) is 23.3 Å². The molecule has 3 rings (SSSR count). The van der Waals surface area contributed by atoms with Crippen molar-refractivity contribution >= 4 is 21.4 Å². The van der Waals surface area contributed by atoms with Gasteiger partial charge in [0.2, 0.25) is 0 Å². The highest BCUT2D eigenvalue weighted by Crippen LogP contribution is 2.26. The van der Waals surface area contributed by atoms with Crippen LogP contribution in [0.4, 0.5) is 5.69 Å². The van der Waals surface area contributed by atoms with Crippen molar-refractivity contribution in [3.63, 3.8) is 0 Å². The average molecular weight is 417 g/mol. The third-order valence-corrected chi connectivity index (χ3v) is 6.33. The molecule has 0 saturated heterocycles. The number of carbonyl (C=O) groups excluding carboxylic acids is 1. The number of benzene rings is 2. The Balaban J connectivity index is 1.86. The summed E-state index contributed by atoms with van der Waals surface area (Å²) in [5.41, 5.74) is 4.14. The van der Waals surface area contributed by atoms with Crippen LogP contribution in [0.3, 0.4) is 0 Å². The fourth-order valence-electron chi connectivity index (χ4n) is 3.64.